The Kier molecular flexibility index (Phi) is 13.9. The van der Waals surface area contributed by atoms with Crippen LogP contribution in [0.2, 0.25) is 0 Å². The minimum atomic E-state index is -1.33. The number of hydrogen-bond donors (Lipinski definition) is 4. The van der Waals surface area contributed by atoms with E-state index in [1.165, 1.54) is 38.5 Å². The lowest BCUT2D eigenvalue weighted by molar-refractivity contribution is -0.143. The second-order valence-corrected chi connectivity index (χ2v) is 7.19. The molecule has 0 aromatic heterocycles. The number of aliphatic hydroxyl groups excluding tert-OH is 4. The van der Waals surface area contributed by atoms with Crippen molar-refractivity contribution in [1.82, 2.24) is 0 Å². The second kappa shape index (κ2) is 14.0. The highest BCUT2D eigenvalue weighted by Gasteiger charge is 2.32. The van der Waals surface area contributed by atoms with E-state index in [1.807, 2.05) is 6.92 Å². The zero-order valence-electron chi connectivity index (χ0n) is 16.0. The summed E-state index contributed by atoms with van der Waals surface area (Å²) in [6, 6.07) is 0. The third kappa shape index (κ3) is 9.94. The molecule has 0 spiro atoms. The van der Waals surface area contributed by atoms with E-state index in [2.05, 4.69) is 6.92 Å². The SMILES string of the molecule is CCCCCCCCCC(C)O[C@H](C)C(O)C(O)[C@H](O)C(C)CO. The molecule has 0 radical (unpaired) electrons. The highest BCUT2D eigenvalue weighted by molar-refractivity contribution is 4.82. The van der Waals surface area contributed by atoms with Crippen molar-refractivity contribution in [3.8, 4) is 0 Å². The van der Waals surface area contributed by atoms with Crippen LogP contribution in [0.4, 0.5) is 0 Å². The van der Waals surface area contributed by atoms with E-state index in [-0.39, 0.29) is 12.7 Å². The molecule has 0 fully saturated rings. The summed E-state index contributed by atoms with van der Waals surface area (Å²) >= 11 is 0. The van der Waals surface area contributed by atoms with Crippen molar-refractivity contribution in [2.75, 3.05) is 6.61 Å². The quantitative estimate of drug-likeness (QED) is 0.342. The molecule has 24 heavy (non-hydrogen) atoms. The molecule has 4 N–H and O–H groups in total. The Morgan fingerprint density at radius 3 is 1.83 bits per heavy atom. The minimum absolute atomic E-state index is 0.00454. The zero-order chi connectivity index (χ0) is 18.5. The van der Waals surface area contributed by atoms with Crippen LogP contribution < -0.4 is 0 Å². The van der Waals surface area contributed by atoms with Crippen LogP contribution in [0.25, 0.3) is 0 Å². The van der Waals surface area contributed by atoms with Crippen LogP contribution in [0, 0.1) is 5.92 Å². The fourth-order valence-corrected chi connectivity index (χ4v) is 2.83. The Balaban J connectivity index is 3.96. The predicted octanol–water partition coefficient (Wildman–Crippen LogP) is 2.63. The third-order valence-electron chi connectivity index (χ3n) is 4.71. The first-order chi connectivity index (χ1) is 11.3. The van der Waals surface area contributed by atoms with Crippen molar-refractivity contribution in [1.29, 1.82) is 0 Å². The summed E-state index contributed by atoms with van der Waals surface area (Å²) in [5.74, 6) is -0.494. The maximum Gasteiger partial charge on any atom is 0.109 e. The Morgan fingerprint density at radius 2 is 1.29 bits per heavy atom. The first-order valence-corrected chi connectivity index (χ1v) is 9.65. The highest BCUT2D eigenvalue weighted by atomic mass is 16.5. The summed E-state index contributed by atoms with van der Waals surface area (Å²) in [5.41, 5.74) is 0. The zero-order valence-corrected chi connectivity index (χ0v) is 16.0. The van der Waals surface area contributed by atoms with Crippen molar-refractivity contribution in [3.05, 3.63) is 0 Å². The van der Waals surface area contributed by atoms with Gasteiger partial charge in [0.2, 0.25) is 0 Å². The van der Waals surface area contributed by atoms with Gasteiger partial charge in [0.1, 0.15) is 12.2 Å². The standard InChI is InChI=1S/C19H40O5/c1-5-6-7-8-9-10-11-12-15(3)24-16(4)18(22)19(23)17(21)14(2)13-20/h14-23H,5-13H2,1-4H3/t14?,15?,16-,17-,18?,19?/m1/s1. The molecule has 4 unspecified atom stereocenters. The maximum absolute atomic E-state index is 10.1. The van der Waals surface area contributed by atoms with Gasteiger partial charge in [0.25, 0.3) is 0 Å². The van der Waals surface area contributed by atoms with Crippen LogP contribution in [0.1, 0.15) is 79.1 Å². The summed E-state index contributed by atoms with van der Waals surface area (Å²) < 4.78 is 5.76. The van der Waals surface area contributed by atoms with Crippen LogP contribution >= 0.6 is 0 Å². The summed E-state index contributed by atoms with van der Waals surface area (Å²) in [4.78, 5) is 0. The molecule has 0 aromatic carbocycles. The molecule has 0 bridgehead atoms. The lowest BCUT2D eigenvalue weighted by Crippen LogP contribution is -2.47. The number of ether oxygens (including phenoxy) is 1. The van der Waals surface area contributed by atoms with E-state index in [9.17, 15) is 15.3 Å². The second-order valence-electron chi connectivity index (χ2n) is 7.19. The molecule has 0 aliphatic carbocycles. The summed E-state index contributed by atoms with van der Waals surface area (Å²) in [6.45, 7) is 7.27. The van der Waals surface area contributed by atoms with Crippen molar-refractivity contribution in [3.63, 3.8) is 0 Å². The molecule has 0 saturated heterocycles. The molecular formula is C19H40O5. The average Bonchev–Trinajstić information content (AvgIpc) is 2.58. The molecule has 0 aliphatic heterocycles. The molecule has 0 saturated carbocycles. The fraction of sp³-hybridized carbons (Fsp3) is 1.00. The molecule has 6 atom stereocenters. The van der Waals surface area contributed by atoms with Gasteiger partial charge in [-0.1, -0.05) is 58.8 Å². The Labute approximate surface area is 148 Å². The monoisotopic (exact) mass is 348 g/mol. The molecular weight excluding hydrogens is 308 g/mol. The molecule has 0 heterocycles. The first kappa shape index (κ1) is 23.8. The molecule has 146 valence electrons. The molecule has 5 nitrogen and oxygen atoms in total. The average molecular weight is 349 g/mol. The number of hydrogen-bond acceptors (Lipinski definition) is 5. The smallest absolute Gasteiger partial charge is 0.109 e. The normalized spacial score (nSPS) is 19.5. The Morgan fingerprint density at radius 1 is 0.750 bits per heavy atom. The topological polar surface area (TPSA) is 90.2 Å². The maximum atomic E-state index is 10.1. The van der Waals surface area contributed by atoms with E-state index in [0.717, 1.165) is 12.8 Å². The first-order valence-electron chi connectivity index (χ1n) is 9.65. The van der Waals surface area contributed by atoms with Gasteiger partial charge in [-0.2, -0.15) is 0 Å². The molecule has 0 aliphatic rings. The Hall–Kier alpha value is -0.200. The largest absolute Gasteiger partial charge is 0.396 e. The van der Waals surface area contributed by atoms with Gasteiger partial charge in [-0.25, -0.2) is 0 Å². The van der Waals surface area contributed by atoms with Gasteiger partial charge in [0.05, 0.1) is 18.3 Å². The van der Waals surface area contributed by atoms with E-state index in [1.54, 1.807) is 13.8 Å². The number of aliphatic hydroxyl groups is 4. The van der Waals surface area contributed by atoms with Gasteiger partial charge >= 0.3 is 0 Å². The minimum Gasteiger partial charge on any atom is -0.396 e. The van der Waals surface area contributed by atoms with Crippen molar-refractivity contribution in [2.24, 2.45) is 5.92 Å². The molecule has 5 heteroatoms. The van der Waals surface area contributed by atoms with Crippen molar-refractivity contribution in [2.45, 2.75) is 110 Å². The van der Waals surface area contributed by atoms with Crippen LogP contribution in [0.5, 0.6) is 0 Å². The molecule has 0 aromatic rings. The summed E-state index contributed by atoms with van der Waals surface area (Å²) in [6.07, 6.45) is 5.44. The van der Waals surface area contributed by atoms with E-state index >= 15 is 0 Å². The molecule has 0 rings (SSSR count). The summed E-state index contributed by atoms with van der Waals surface area (Å²) in [5, 5.41) is 39.0. The van der Waals surface area contributed by atoms with E-state index in [4.69, 9.17) is 9.84 Å². The van der Waals surface area contributed by atoms with Gasteiger partial charge in [-0.3, -0.25) is 0 Å². The van der Waals surface area contributed by atoms with Crippen LogP contribution in [0.3, 0.4) is 0 Å². The van der Waals surface area contributed by atoms with Gasteiger partial charge in [0, 0.05) is 12.5 Å². The van der Waals surface area contributed by atoms with Crippen molar-refractivity contribution >= 4 is 0 Å². The van der Waals surface area contributed by atoms with Crippen LogP contribution in [-0.4, -0.2) is 57.6 Å². The van der Waals surface area contributed by atoms with Gasteiger partial charge in [0.15, 0.2) is 0 Å². The number of unbranched alkanes of at least 4 members (excludes halogenated alkanes) is 6. The highest BCUT2D eigenvalue weighted by Crippen LogP contribution is 2.17. The number of rotatable bonds is 15. The fourth-order valence-electron chi connectivity index (χ4n) is 2.83. The Bertz CT molecular complexity index is 287. The van der Waals surface area contributed by atoms with E-state index in [0.29, 0.717) is 0 Å². The van der Waals surface area contributed by atoms with Crippen molar-refractivity contribution < 1.29 is 25.2 Å². The summed E-state index contributed by atoms with van der Waals surface area (Å²) in [7, 11) is 0. The van der Waals surface area contributed by atoms with Crippen LogP contribution in [-0.2, 0) is 4.74 Å². The third-order valence-corrected chi connectivity index (χ3v) is 4.71. The molecule has 0 amide bonds. The lowest BCUT2D eigenvalue weighted by atomic mass is 9.95. The van der Waals surface area contributed by atoms with Gasteiger partial charge in [-0.05, 0) is 20.3 Å². The lowest BCUT2D eigenvalue weighted by Gasteiger charge is -2.31. The van der Waals surface area contributed by atoms with Gasteiger partial charge in [-0.15, -0.1) is 0 Å². The van der Waals surface area contributed by atoms with Gasteiger partial charge < -0.3 is 25.2 Å². The van der Waals surface area contributed by atoms with Crippen LogP contribution in [0.15, 0.2) is 0 Å². The predicted molar refractivity (Wildman–Crippen MR) is 96.9 cm³/mol. The van der Waals surface area contributed by atoms with E-state index < -0.39 is 30.3 Å².